The number of nitrogens with two attached hydrogens (primary N) is 1. The molecule has 16 heavy (non-hydrogen) atoms. The Kier molecular flexibility index (Phi) is 4.14. The van der Waals surface area contributed by atoms with Gasteiger partial charge in [0.2, 0.25) is 0 Å². The molecule has 1 rings (SSSR count). The van der Waals surface area contributed by atoms with Crippen LogP contribution in [0, 0.1) is 6.92 Å². The lowest BCUT2D eigenvalue weighted by Crippen LogP contribution is -2.18. The summed E-state index contributed by atoms with van der Waals surface area (Å²) >= 11 is 0. The molecule has 0 aliphatic carbocycles. The van der Waals surface area contributed by atoms with Gasteiger partial charge in [0.05, 0.1) is 11.4 Å². The Morgan fingerprint density at radius 1 is 1.56 bits per heavy atom. The van der Waals surface area contributed by atoms with E-state index in [2.05, 4.69) is 0 Å². The van der Waals surface area contributed by atoms with Crippen molar-refractivity contribution in [2.75, 3.05) is 5.73 Å². The van der Waals surface area contributed by atoms with Gasteiger partial charge in [0.25, 0.3) is 0 Å². The molecule has 0 amide bonds. The van der Waals surface area contributed by atoms with Gasteiger partial charge in [-0.2, -0.15) is 0 Å². The molecule has 4 nitrogen and oxygen atoms in total. The lowest BCUT2D eigenvalue weighted by Gasteiger charge is -2.19. The maximum atomic E-state index is 12.1. The number of rotatable bonds is 4. The van der Waals surface area contributed by atoms with E-state index in [0.29, 0.717) is 17.7 Å². The molecule has 0 aliphatic heterocycles. The molecule has 5 heteroatoms. The average Bonchev–Trinajstić information content (AvgIpc) is 2.16. The van der Waals surface area contributed by atoms with E-state index in [1.165, 1.54) is 0 Å². The van der Waals surface area contributed by atoms with E-state index in [4.69, 9.17) is 10.3 Å². The summed E-state index contributed by atoms with van der Waals surface area (Å²) in [5, 5.41) is 0.218. The van der Waals surface area contributed by atoms with Crippen LogP contribution in [0.15, 0.2) is 18.2 Å². The second-order valence-electron chi connectivity index (χ2n) is 3.86. The fourth-order valence-electron chi connectivity index (χ4n) is 1.44. The Labute approximate surface area is 96.0 Å². The van der Waals surface area contributed by atoms with Gasteiger partial charge in [0.15, 0.2) is 0 Å². The molecule has 0 spiro atoms. The third-order valence-corrected chi connectivity index (χ3v) is 4.27. The Morgan fingerprint density at radius 3 is 2.69 bits per heavy atom. The number of hydrogen-bond acceptors (Lipinski definition) is 3. The van der Waals surface area contributed by atoms with Gasteiger partial charge in [0, 0.05) is 5.69 Å². The van der Waals surface area contributed by atoms with E-state index in [-0.39, 0.29) is 11.4 Å². The van der Waals surface area contributed by atoms with Crippen molar-refractivity contribution >= 4 is 18.6 Å². The summed E-state index contributed by atoms with van der Waals surface area (Å²) < 4.78 is 17.2. The minimum absolute atomic E-state index is 0.218. The maximum absolute atomic E-state index is 12.1. The van der Waals surface area contributed by atoms with Gasteiger partial charge in [-0.05, 0) is 31.9 Å². The first-order valence-corrected chi connectivity index (χ1v) is 6.83. The maximum Gasteiger partial charge on any atom is 0.361 e. The highest BCUT2D eigenvalue weighted by Gasteiger charge is 2.29. The molecule has 0 saturated carbocycles. The summed E-state index contributed by atoms with van der Waals surface area (Å²) in [6.07, 6.45) is 0.408. The first-order valence-electron chi connectivity index (χ1n) is 5.25. The van der Waals surface area contributed by atoms with Gasteiger partial charge in [-0.3, -0.25) is 4.57 Å². The van der Waals surface area contributed by atoms with Crippen molar-refractivity contribution < 1.29 is 14.0 Å². The Bertz CT molecular complexity index is 399. The molecule has 0 fully saturated rings. The Morgan fingerprint density at radius 2 is 2.19 bits per heavy atom. The van der Waals surface area contributed by atoms with E-state index in [9.17, 15) is 9.46 Å². The smallest absolute Gasteiger partial charge is 0.361 e. The topological polar surface area (TPSA) is 72.5 Å². The summed E-state index contributed by atoms with van der Waals surface area (Å²) in [5.74, 6) is 0. The van der Waals surface area contributed by atoms with E-state index in [1.54, 1.807) is 32.0 Å². The highest BCUT2D eigenvalue weighted by atomic mass is 31.2. The zero-order valence-corrected chi connectivity index (χ0v) is 10.7. The van der Waals surface area contributed by atoms with Gasteiger partial charge >= 0.3 is 7.60 Å². The fraction of sp³-hybridized carbons (Fsp3) is 0.455. The van der Waals surface area contributed by atoms with Crippen molar-refractivity contribution in [1.82, 2.24) is 0 Å². The number of nitrogen functional groups attached to an aromatic ring is 1. The molecular formula is C11H18NO3P. The third-order valence-electron chi connectivity index (χ3n) is 2.45. The molecule has 1 aromatic rings. The zero-order chi connectivity index (χ0) is 12.3. The molecule has 0 saturated heterocycles. The monoisotopic (exact) mass is 243 g/mol. The van der Waals surface area contributed by atoms with Crippen molar-refractivity contribution in [2.45, 2.75) is 33.3 Å². The minimum atomic E-state index is -3.82. The van der Waals surface area contributed by atoms with Crippen LogP contribution in [0.25, 0.3) is 0 Å². The summed E-state index contributed by atoms with van der Waals surface area (Å²) in [6.45, 7) is 5.40. The second kappa shape index (κ2) is 5.00. The molecule has 1 aromatic carbocycles. The van der Waals surface area contributed by atoms with E-state index in [1.807, 2.05) is 6.92 Å². The fourth-order valence-corrected chi connectivity index (χ4v) is 3.10. The molecule has 0 heterocycles. The lowest BCUT2D eigenvalue weighted by atomic mass is 10.2. The van der Waals surface area contributed by atoms with Crippen LogP contribution < -0.4 is 11.0 Å². The normalized spacial score (nSPS) is 16.8. The van der Waals surface area contributed by atoms with E-state index >= 15 is 0 Å². The number of benzene rings is 1. The number of aryl methyl sites for hydroxylation is 1. The highest BCUT2D eigenvalue weighted by Crippen LogP contribution is 2.45. The third kappa shape index (κ3) is 2.85. The van der Waals surface area contributed by atoms with Crippen molar-refractivity contribution in [3.05, 3.63) is 23.8 Å². The predicted octanol–water partition coefficient (Wildman–Crippen LogP) is 2.20. The van der Waals surface area contributed by atoms with Crippen LogP contribution in [-0.4, -0.2) is 11.0 Å². The first kappa shape index (κ1) is 13.2. The van der Waals surface area contributed by atoms with Crippen LogP contribution in [0.5, 0.6) is 0 Å². The van der Waals surface area contributed by atoms with Crippen LogP contribution in [0.1, 0.15) is 25.8 Å². The van der Waals surface area contributed by atoms with Crippen LogP contribution in [0.3, 0.4) is 0 Å². The zero-order valence-electron chi connectivity index (χ0n) is 9.80. The van der Waals surface area contributed by atoms with Crippen molar-refractivity contribution in [2.24, 2.45) is 0 Å². The summed E-state index contributed by atoms with van der Waals surface area (Å²) in [5.41, 5.74) is 6.69. The molecule has 0 radical (unpaired) electrons. The first-order chi connectivity index (χ1) is 7.38. The van der Waals surface area contributed by atoms with Crippen LogP contribution >= 0.6 is 7.60 Å². The van der Waals surface area contributed by atoms with Crippen LogP contribution in [0.4, 0.5) is 5.69 Å². The largest absolute Gasteiger partial charge is 0.398 e. The molecule has 0 aromatic heterocycles. The SMILES string of the molecule is CCC(C)OP(=O)(O)c1c(C)cccc1N. The number of hydrogen-bond donors (Lipinski definition) is 2. The van der Waals surface area contributed by atoms with Crippen LogP contribution in [-0.2, 0) is 9.09 Å². The average molecular weight is 243 g/mol. The highest BCUT2D eigenvalue weighted by molar-refractivity contribution is 7.61. The van der Waals surface area contributed by atoms with Gasteiger partial charge in [-0.15, -0.1) is 0 Å². The second-order valence-corrected chi connectivity index (χ2v) is 5.56. The summed E-state index contributed by atoms with van der Waals surface area (Å²) in [7, 11) is -3.82. The predicted molar refractivity (Wildman–Crippen MR) is 65.9 cm³/mol. The number of anilines is 1. The van der Waals surface area contributed by atoms with E-state index < -0.39 is 7.60 Å². The minimum Gasteiger partial charge on any atom is -0.398 e. The quantitative estimate of drug-likeness (QED) is 0.628. The Balaban J connectivity index is 3.12. The van der Waals surface area contributed by atoms with Gasteiger partial charge < -0.3 is 15.2 Å². The van der Waals surface area contributed by atoms with Crippen molar-refractivity contribution in [3.8, 4) is 0 Å². The van der Waals surface area contributed by atoms with Crippen molar-refractivity contribution in [3.63, 3.8) is 0 Å². The molecule has 3 N–H and O–H groups in total. The molecule has 0 bridgehead atoms. The molecule has 90 valence electrons. The molecule has 2 unspecified atom stereocenters. The molecule has 2 atom stereocenters. The van der Waals surface area contributed by atoms with E-state index in [0.717, 1.165) is 0 Å². The molecule has 0 aliphatic rings. The van der Waals surface area contributed by atoms with Crippen LogP contribution in [0.2, 0.25) is 0 Å². The molecular weight excluding hydrogens is 225 g/mol. The summed E-state index contributed by atoms with van der Waals surface area (Å²) in [4.78, 5) is 9.90. The van der Waals surface area contributed by atoms with Gasteiger partial charge in [0.1, 0.15) is 0 Å². The Hall–Kier alpha value is -0.830. The lowest BCUT2D eigenvalue weighted by molar-refractivity contribution is 0.192. The summed E-state index contributed by atoms with van der Waals surface area (Å²) in [6, 6.07) is 5.09. The standard InChI is InChI=1S/C11H18NO3P/c1-4-9(3)15-16(13,14)11-8(2)6-5-7-10(11)12/h5-7,9H,4,12H2,1-3H3,(H,13,14). The van der Waals surface area contributed by atoms with Gasteiger partial charge in [-0.25, -0.2) is 0 Å². The van der Waals surface area contributed by atoms with Gasteiger partial charge in [-0.1, -0.05) is 19.1 Å². The van der Waals surface area contributed by atoms with Crippen molar-refractivity contribution in [1.29, 1.82) is 0 Å².